The minimum absolute atomic E-state index is 0.190. The fourth-order valence-corrected chi connectivity index (χ4v) is 6.73. The SMILES string of the molecule is CCOC(=O)C1=C(c2ccccc2)N=c2s/c(=C\c3ccc(OCc4ccc(Cl)cc4)c(OC)c3)c(=O)n2C1c1ccc(C(C)C)cc1. The first-order chi connectivity index (χ1) is 23.3. The van der Waals surface area contributed by atoms with Crippen LogP contribution >= 0.6 is 22.9 Å². The molecule has 0 bridgehead atoms. The molecule has 1 aliphatic heterocycles. The Hall–Kier alpha value is -4.92. The Bertz CT molecular complexity index is 2150. The maximum atomic E-state index is 14.3. The van der Waals surface area contributed by atoms with Crippen molar-refractivity contribution in [1.29, 1.82) is 0 Å². The van der Waals surface area contributed by atoms with Gasteiger partial charge in [-0.25, -0.2) is 9.79 Å². The molecule has 0 amide bonds. The molecule has 244 valence electrons. The van der Waals surface area contributed by atoms with Crippen molar-refractivity contribution >= 4 is 40.7 Å². The maximum absolute atomic E-state index is 14.3. The molecule has 4 aromatic carbocycles. The number of esters is 1. The minimum atomic E-state index is -0.739. The summed E-state index contributed by atoms with van der Waals surface area (Å²) < 4.78 is 19.3. The van der Waals surface area contributed by atoms with E-state index in [1.807, 2.05) is 103 Å². The van der Waals surface area contributed by atoms with Crippen LogP contribution in [0.15, 0.2) is 112 Å². The van der Waals surface area contributed by atoms with Gasteiger partial charge < -0.3 is 14.2 Å². The zero-order valence-corrected chi connectivity index (χ0v) is 28.7. The van der Waals surface area contributed by atoms with Crippen molar-refractivity contribution in [3.05, 3.63) is 155 Å². The van der Waals surface area contributed by atoms with Gasteiger partial charge in [0.1, 0.15) is 6.61 Å². The van der Waals surface area contributed by atoms with E-state index in [9.17, 15) is 9.59 Å². The number of hydrogen-bond acceptors (Lipinski definition) is 7. The van der Waals surface area contributed by atoms with E-state index in [1.54, 1.807) is 18.6 Å². The van der Waals surface area contributed by atoms with Crippen molar-refractivity contribution in [3.63, 3.8) is 0 Å². The summed E-state index contributed by atoms with van der Waals surface area (Å²) in [5.74, 6) is 0.922. The smallest absolute Gasteiger partial charge is 0.338 e. The van der Waals surface area contributed by atoms with Crippen molar-refractivity contribution in [2.45, 2.75) is 39.3 Å². The Morgan fingerprint density at radius 3 is 2.38 bits per heavy atom. The predicted molar refractivity (Wildman–Crippen MR) is 190 cm³/mol. The van der Waals surface area contributed by atoms with Crippen LogP contribution < -0.4 is 24.4 Å². The number of rotatable bonds is 10. The highest BCUT2D eigenvalue weighted by atomic mass is 35.5. The summed E-state index contributed by atoms with van der Waals surface area (Å²) in [6, 6.07) is 29.8. The number of benzene rings is 4. The van der Waals surface area contributed by atoms with Crippen LogP contribution in [0.25, 0.3) is 11.8 Å². The molecule has 1 aliphatic rings. The second-order valence-electron chi connectivity index (χ2n) is 11.6. The van der Waals surface area contributed by atoms with Gasteiger partial charge in [-0.05, 0) is 65.4 Å². The van der Waals surface area contributed by atoms with E-state index < -0.39 is 12.0 Å². The van der Waals surface area contributed by atoms with E-state index in [0.29, 0.717) is 49.7 Å². The lowest BCUT2D eigenvalue weighted by Crippen LogP contribution is -2.40. The molecule has 9 heteroatoms. The number of nitrogens with zero attached hydrogens (tertiary/aromatic N) is 2. The molecule has 0 saturated carbocycles. The molecule has 2 heterocycles. The summed E-state index contributed by atoms with van der Waals surface area (Å²) in [6.07, 6.45) is 1.81. The predicted octanol–water partition coefficient (Wildman–Crippen LogP) is 7.30. The van der Waals surface area contributed by atoms with E-state index in [1.165, 1.54) is 11.3 Å². The molecule has 0 saturated heterocycles. The molecular weight excluding hydrogens is 644 g/mol. The van der Waals surface area contributed by atoms with Crippen LogP contribution in [-0.2, 0) is 16.1 Å². The average molecular weight is 679 g/mol. The number of hydrogen-bond donors (Lipinski definition) is 0. The Balaban J connectivity index is 1.47. The summed E-state index contributed by atoms with van der Waals surface area (Å²) in [6.45, 7) is 6.56. The molecule has 48 heavy (non-hydrogen) atoms. The summed E-state index contributed by atoms with van der Waals surface area (Å²) in [7, 11) is 1.58. The summed E-state index contributed by atoms with van der Waals surface area (Å²) >= 11 is 7.29. The van der Waals surface area contributed by atoms with Crippen molar-refractivity contribution in [3.8, 4) is 11.5 Å². The molecule has 0 radical (unpaired) electrons. The molecule has 5 aromatic rings. The van der Waals surface area contributed by atoms with E-state index >= 15 is 0 Å². The largest absolute Gasteiger partial charge is 0.493 e. The van der Waals surface area contributed by atoms with E-state index in [4.69, 9.17) is 30.8 Å². The Kier molecular flexibility index (Phi) is 9.94. The summed E-state index contributed by atoms with van der Waals surface area (Å²) in [5.41, 5.74) is 4.99. The molecule has 6 rings (SSSR count). The average Bonchev–Trinajstić information content (AvgIpc) is 3.41. The van der Waals surface area contributed by atoms with Gasteiger partial charge in [0.2, 0.25) is 0 Å². The molecule has 0 spiro atoms. The normalized spacial score (nSPS) is 14.5. The maximum Gasteiger partial charge on any atom is 0.338 e. The van der Waals surface area contributed by atoms with E-state index in [0.717, 1.165) is 27.8 Å². The van der Waals surface area contributed by atoms with Gasteiger partial charge in [0.25, 0.3) is 5.56 Å². The van der Waals surface area contributed by atoms with Gasteiger partial charge in [0, 0.05) is 10.6 Å². The summed E-state index contributed by atoms with van der Waals surface area (Å²) in [4.78, 5) is 33.5. The number of fused-ring (bicyclic) bond motifs is 1. The van der Waals surface area contributed by atoms with Crippen molar-refractivity contribution in [2.75, 3.05) is 13.7 Å². The van der Waals surface area contributed by atoms with E-state index in [2.05, 4.69) is 13.8 Å². The van der Waals surface area contributed by atoms with Gasteiger partial charge in [-0.2, -0.15) is 0 Å². The highest BCUT2D eigenvalue weighted by molar-refractivity contribution is 7.07. The second-order valence-corrected chi connectivity index (χ2v) is 13.0. The molecular formula is C39H35ClN2O5S. The van der Waals surface area contributed by atoms with Gasteiger partial charge in [-0.1, -0.05) is 110 Å². The highest BCUT2D eigenvalue weighted by Crippen LogP contribution is 2.36. The number of halogens is 1. The minimum Gasteiger partial charge on any atom is -0.493 e. The molecule has 0 N–H and O–H groups in total. The van der Waals surface area contributed by atoms with Crippen LogP contribution in [0.2, 0.25) is 5.02 Å². The van der Waals surface area contributed by atoms with Crippen LogP contribution in [0.1, 0.15) is 60.5 Å². The Labute approximate surface area is 288 Å². The number of carbonyl (C=O) groups excluding carboxylic acids is 1. The van der Waals surface area contributed by atoms with Crippen molar-refractivity contribution < 1.29 is 19.0 Å². The van der Waals surface area contributed by atoms with Gasteiger partial charge in [-0.3, -0.25) is 9.36 Å². The van der Waals surface area contributed by atoms with Crippen LogP contribution in [-0.4, -0.2) is 24.3 Å². The Morgan fingerprint density at radius 2 is 1.71 bits per heavy atom. The van der Waals surface area contributed by atoms with Crippen molar-refractivity contribution in [1.82, 2.24) is 4.57 Å². The number of carbonyl (C=O) groups is 1. The summed E-state index contributed by atoms with van der Waals surface area (Å²) in [5, 5.41) is 0.662. The van der Waals surface area contributed by atoms with Crippen LogP contribution in [0.3, 0.4) is 0 Å². The number of thiazole rings is 1. The molecule has 7 nitrogen and oxygen atoms in total. The molecule has 1 aromatic heterocycles. The fraction of sp³-hybridized carbons (Fsp3) is 0.205. The lowest BCUT2D eigenvalue weighted by Gasteiger charge is -2.26. The zero-order valence-electron chi connectivity index (χ0n) is 27.1. The first kappa shape index (κ1) is 33.0. The third-order valence-electron chi connectivity index (χ3n) is 8.09. The highest BCUT2D eigenvalue weighted by Gasteiger charge is 2.35. The first-order valence-corrected chi connectivity index (χ1v) is 16.9. The standard InChI is InChI=1S/C39H35ClN2O5S/c1-5-46-38(44)34-35(28-9-7-6-8-10-28)41-39-42(36(34)29-16-14-27(15-17-29)24(2)3)37(43)33(48-39)22-26-13-20-31(32(21-26)45-4)47-23-25-11-18-30(40)19-12-25/h6-22,24,36H,5,23H2,1-4H3/b33-22-. The van der Waals surface area contributed by atoms with Crippen LogP contribution in [0.5, 0.6) is 11.5 Å². The zero-order chi connectivity index (χ0) is 33.8. The molecule has 1 unspecified atom stereocenters. The third kappa shape index (κ3) is 6.86. The fourth-order valence-electron chi connectivity index (χ4n) is 5.61. The third-order valence-corrected chi connectivity index (χ3v) is 9.32. The van der Waals surface area contributed by atoms with Gasteiger partial charge in [0.05, 0.1) is 35.6 Å². The molecule has 1 atom stereocenters. The lowest BCUT2D eigenvalue weighted by atomic mass is 9.91. The Morgan fingerprint density at radius 1 is 0.979 bits per heavy atom. The monoisotopic (exact) mass is 678 g/mol. The quantitative estimate of drug-likeness (QED) is 0.145. The van der Waals surface area contributed by atoms with Gasteiger partial charge in [0.15, 0.2) is 16.3 Å². The van der Waals surface area contributed by atoms with Gasteiger partial charge in [-0.15, -0.1) is 0 Å². The number of ether oxygens (including phenoxy) is 3. The topological polar surface area (TPSA) is 79.1 Å². The molecule has 0 fully saturated rings. The van der Waals surface area contributed by atoms with Gasteiger partial charge >= 0.3 is 5.97 Å². The first-order valence-electron chi connectivity index (χ1n) is 15.7. The van der Waals surface area contributed by atoms with Crippen LogP contribution in [0.4, 0.5) is 0 Å². The second kappa shape index (κ2) is 14.5. The van der Waals surface area contributed by atoms with Crippen molar-refractivity contribution in [2.24, 2.45) is 4.99 Å². The molecule has 0 aliphatic carbocycles. The van der Waals surface area contributed by atoms with Crippen LogP contribution in [0, 0.1) is 0 Å². The number of methoxy groups -OCH3 is 1. The number of aromatic nitrogens is 1. The lowest BCUT2D eigenvalue weighted by molar-refractivity contribution is -0.138. The van der Waals surface area contributed by atoms with E-state index in [-0.39, 0.29) is 12.2 Å².